The molecule has 0 aromatic carbocycles. The van der Waals surface area contributed by atoms with Crippen molar-refractivity contribution in [1.29, 1.82) is 0 Å². The number of thiazole rings is 1. The highest BCUT2D eigenvalue weighted by atomic mass is 35.5. The highest BCUT2D eigenvalue weighted by Crippen LogP contribution is 2.37. The number of aromatic nitrogens is 1. The van der Waals surface area contributed by atoms with E-state index in [1.807, 2.05) is 11.8 Å². The molecule has 9 heteroatoms. The Morgan fingerprint density at radius 2 is 2.50 bits per heavy atom. The van der Waals surface area contributed by atoms with E-state index in [0.717, 1.165) is 11.3 Å². The lowest BCUT2D eigenvalue weighted by Gasteiger charge is -2.38. The summed E-state index contributed by atoms with van der Waals surface area (Å²) in [6, 6.07) is 3.45. The number of ether oxygens (including phenoxy) is 1. The number of carbonyl (C=O) groups is 1. The zero-order valence-corrected chi connectivity index (χ0v) is 14.2. The van der Waals surface area contributed by atoms with Gasteiger partial charge in [0.2, 0.25) is 0 Å². The van der Waals surface area contributed by atoms with Crippen LogP contribution in [0.15, 0.2) is 23.7 Å². The van der Waals surface area contributed by atoms with Gasteiger partial charge in [0.15, 0.2) is 0 Å². The molecule has 1 fully saturated rings. The van der Waals surface area contributed by atoms with E-state index in [0.29, 0.717) is 27.4 Å². The molecule has 0 N–H and O–H groups in total. The van der Waals surface area contributed by atoms with Gasteiger partial charge in [-0.25, -0.2) is 9.69 Å². The minimum atomic E-state index is -0.836. The van der Waals surface area contributed by atoms with Crippen molar-refractivity contribution >= 4 is 45.4 Å². The zero-order chi connectivity index (χ0) is 15.7. The monoisotopic (exact) mass is 359 g/mol. The maximum absolute atomic E-state index is 13.2. The van der Waals surface area contributed by atoms with Crippen LogP contribution in [0.1, 0.15) is 16.6 Å². The number of likely N-dealkylation sites (N-methyl/N-ethyl adjacent to an activating group) is 1. The van der Waals surface area contributed by atoms with Crippen LogP contribution in [-0.4, -0.2) is 41.8 Å². The van der Waals surface area contributed by atoms with Gasteiger partial charge in [-0.2, -0.15) is 4.98 Å². The molecule has 1 saturated heterocycles. The lowest BCUT2D eigenvalue weighted by Crippen LogP contribution is -2.50. The van der Waals surface area contributed by atoms with E-state index in [1.165, 1.54) is 17.5 Å². The second-order valence-corrected chi connectivity index (χ2v) is 7.48. The second-order valence-electron chi connectivity index (χ2n) is 4.89. The fourth-order valence-corrected chi connectivity index (χ4v) is 3.91. The third-order valence-electron chi connectivity index (χ3n) is 3.49. The van der Waals surface area contributed by atoms with Crippen LogP contribution in [0.4, 0.5) is 5.13 Å². The Morgan fingerprint density at radius 1 is 1.68 bits per heavy atom. The van der Waals surface area contributed by atoms with Crippen LogP contribution in [0.5, 0.6) is 0 Å². The van der Waals surface area contributed by atoms with Crippen LogP contribution in [0.25, 0.3) is 0 Å². The van der Waals surface area contributed by atoms with E-state index in [4.69, 9.17) is 16.3 Å². The third kappa shape index (κ3) is 2.90. The quantitative estimate of drug-likeness (QED) is 0.476. The van der Waals surface area contributed by atoms with Crippen molar-refractivity contribution in [1.82, 2.24) is 14.5 Å². The van der Waals surface area contributed by atoms with Gasteiger partial charge in [-0.1, -0.05) is 24.6 Å². The van der Waals surface area contributed by atoms with E-state index in [1.54, 1.807) is 17.5 Å². The molecule has 6 nitrogen and oxygen atoms in total. The Balaban J connectivity index is 1.85. The highest BCUT2D eigenvalue weighted by molar-refractivity contribution is 7.19. The molecule has 0 radical (unpaired) electrons. The molecule has 0 amide bonds. The molecule has 22 heavy (non-hydrogen) atoms. The molecule has 3 rings (SSSR count). The summed E-state index contributed by atoms with van der Waals surface area (Å²) < 4.78 is 5.12. The van der Waals surface area contributed by atoms with E-state index >= 15 is 0 Å². The van der Waals surface area contributed by atoms with Crippen molar-refractivity contribution < 1.29 is 9.53 Å². The molecule has 2 aromatic heterocycles. The van der Waals surface area contributed by atoms with Crippen molar-refractivity contribution in [2.45, 2.75) is 13.2 Å². The first-order valence-electron chi connectivity index (χ1n) is 6.70. The predicted octanol–water partition coefficient (Wildman–Crippen LogP) is 3.14. The summed E-state index contributed by atoms with van der Waals surface area (Å²) in [6.45, 7) is 3.24. The summed E-state index contributed by atoms with van der Waals surface area (Å²) in [4.78, 5) is 18.7. The summed E-state index contributed by atoms with van der Waals surface area (Å²) in [7, 11) is 0. The Labute approximate surface area is 140 Å². The van der Waals surface area contributed by atoms with Gasteiger partial charge < -0.3 is 9.94 Å². The molecule has 2 aromatic rings. The predicted molar refractivity (Wildman–Crippen MR) is 87.9 cm³/mol. The minimum absolute atomic E-state index is 0.197. The molecule has 1 aliphatic heterocycles. The number of rotatable bonds is 4. The van der Waals surface area contributed by atoms with Gasteiger partial charge in [0, 0.05) is 6.54 Å². The number of hydrogen-bond donors (Lipinski definition) is 0. The zero-order valence-electron chi connectivity index (χ0n) is 11.8. The fraction of sp³-hybridized carbons (Fsp3) is 0.385. The molecule has 2 atom stereocenters. The summed E-state index contributed by atoms with van der Waals surface area (Å²) in [5, 5.41) is 15.3. The Hall–Kier alpha value is -1.03. The topological polar surface area (TPSA) is 65.5 Å². The number of hydrogen-bond acceptors (Lipinski definition) is 7. The van der Waals surface area contributed by atoms with Crippen molar-refractivity contribution in [3.63, 3.8) is 0 Å². The molecular formula is C13H14ClN3O3S2. The Kier molecular flexibility index (Phi) is 4.49. The summed E-state index contributed by atoms with van der Waals surface area (Å²) in [6.07, 6.45) is 0.614. The number of quaternary nitrogens is 1. The van der Waals surface area contributed by atoms with E-state index in [9.17, 15) is 10.0 Å². The lowest BCUT2D eigenvalue weighted by molar-refractivity contribution is 0.00616. The van der Waals surface area contributed by atoms with Crippen molar-refractivity contribution in [2.24, 2.45) is 0 Å². The van der Waals surface area contributed by atoms with Crippen molar-refractivity contribution in [2.75, 3.05) is 19.8 Å². The summed E-state index contributed by atoms with van der Waals surface area (Å²) in [5.74, 6) is -0.473. The van der Waals surface area contributed by atoms with Gasteiger partial charge in [0.25, 0.3) is 11.4 Å². The van der Waals surface area contributed by atoms with Crippen LogP contribution >= 0.6 is 34.3 Å². The standard InChI is InChI=1S/C13H14ClN3O3S2/c1-2-16-7-11(20-12(18)9-4-3-5-21-9)17(19,8-16)13-15-6-10(14)22-13/h3-6,11H,2,7-8H2,1H3. The number of esters is 1. The smallest absolute Gasteiger partial charge is 0.352 e. The lowest BCUT2D eigenvalue weighted by atomic mass is 10.4. The van der Waals surface area contributed by atoms with E-state index in [2.05, 4.69) is 4.98 Å². The van der Waals surface area contributed by atoms with Gasteiger partial charge >= 0.3 is 5.97 Å². The van der Waals surface area contributed by atoms with Gasteiger partial charge in [-0.05, 0) is 22.8 Å². The number of halogens is 1. The largest absolute Gasteiger partial charge is 0.622 e. The average Bonchev–Trinajstić information content (AvgIpc) is 3.20. The molecular weight excluding hydrogens is 346 g/mol. The van der Waals surface area contributed by atoms with Crippen molar-refractivity contribution in [3.05, 3.63) is 38.1 Å². The van der Waals surface area contributed by atoms with Gasteiger partial charge in [-0.3, -0.25) is 4.65 Å². The van der Waals surface area contributed by atoms with Crippen LogP contribution in [0, 0.1) is 5.21 Å². The first-order valence-corrected chi connectivity index (χ1v) is 8.78. The Bertz CT molecular complexity index is 663. The third-order valence-corrected chi connectivity index (χ3v) is 5.57. The van der Waals surface area contributed by atoms with Gasteiger partial charge in [0.1, 0.15) is 15.9 Å². The van der Waals surface area contributed by atoms with Crippen LogP contribution in [0.3, 0.4) is 0 Å². The van der Waals surface area contributed by atoms with E-state index in [-0.39, 0.29) is 6.67 Å². The highest BCUT2D eigenvalue weighted by Gasteiger charge is 2.45. The molecule has 3 heterocycles. The number of thiophene rings is 1. The van der Waals surface area contributed by atoms with Crippen LogP contribution in [0.2, 0.25) is 4.34 Å². The first-order chi connectivity index (χ1) is 10.5. The SMILES string of the molecule is CCN1CC(OC(=O)c2cccs2)[N+]([O-])(c2ncc(Cl)s2)C1. The number of carbonyl (C=O) groups excluding carboxylic acids is 1. The molecule has 2 unspecified atom stereocenters. The second kappa shape index (κ2) is 6.23. The number of hydroxylamine groups is 2. The normalized spacial score (nSPS) is 25.5. The van der Waals surface area contributed by atoms with Gasteiger partial charge in [0.05, 0.1) is 12.7 Å². The van der Waals surface area contributed by atoms with Crippen LogP contribution < -0.4 is 4.65 Å². The Morgan fingerprint density at radius 3 is 3.09 bits per heavy atom. The minimum Gasteiger partial charge on any atom is -0.622 e. The van der Waals surface area contributed by atoms with Crippen LogP contribution in [-0.2, 0) is 4.74 Å². The van der Waals surface area contributed by atoms with Gasteiger partial charge in [-0.15, -0.1) is 11.3 Å². The maximum atomic E-state index is 13.2. The van der Waals surface area contributed by atoms with E-state index < -0.39 is 16.8 Å². The molecule has 0 bridgehead atoms. The van der Waals surface area contributed by atoms with Crippen molar-refractivity contribution in [3.8, 4) is 0 Å². The maximum Gasteiger partial charge on any atom is 0.352 e. The first kappa shape index (κ1) is 15.9. The summed E-state index contributed by atoms with van der Waals surface area (Å²) >= 11 is 8.31. The average molecular weight is 360 g/mol. The summed E-state index contributed by atoms with van der Waals surface area (Å²) in [5.41, 5.74) is 0. The fourth-order valence-electron chi connectivity index (χ4n) is 2.33. The molecule has 118 valence electrons. The number of nitrogens with zero attached hydrogens (tertiary/aromatic N) is 3. The molecule has 1 aliphatic rings. The molecule has 0 aliphatic carbocycles. The molecule has 0 saturated carbocycles. The molecule has 0 spiro atoms.